The smallest absolute Gasteiger partial charge is 0.305 e. The quantitative estimate of drug-likeness (QED) is 0.575. The van der Waals surface area contributed by atoms with Crippen LogP contribution in [0.5, 0.6) is 11.5 Å². The van der Waals surface area contributed by atoms with Crippen LogP contribution in [0.3, 0.4) is 0 Å². The molecule has 5 heteroatoms. The molecule has 0 aliphatic carbocycles. The normalized spacial score (nSPS) is 10.1. The summed E-state index contributed by atoms with van der Waals surface area (Å²) in [6, 6.07) is 5.61. The molecule has 0 amide bonds. The minimum atomic E-state index is -0.230. The molecule has 1 aromatic carbocycles. The Kier molecular flexibility index (Phi) is 6.74. The lowest BCUT2D eigenvalue weighted by Crippen LogP contribution is -2.06. The molecule has 0 aromatic heterocycles. The number of benzene rings is 1. The number of ether oxygens (including phenoxy) is 3. The van der Waals surface area contributed by atoms with E-state index >= 15 is 0 Å². The van der Waals surface area contributed by atoms with Gasteiger partial charge in [-0.15, -0.1) is 0 Å². The molecule has 1 aromatic rings. The van der Waals surface area contributed by atoms with E-state index in [1.165, 1.54) is 7.11 Å². The first kappa shape index (κ1) is 15.3. The van der Waals surface area contributed by atoms with E-state index < -0.39 is 0 Å². The fraction of sp³-hybridized carbons (Fsp3) is 0.500. The first-order valence-electron chi connectivity index (χ1n) is 6.36. The van der Waals surface area contributed by atoms with Crippen molar-refractivity contribution in [1.82, 2.24) is 0 Å². The van der Waals surface area contributed by atoms with Gasteiger partial charge in [0, 0.05) is 13.0 Å². The Morgan fingerprint density at radius 1 is 1.26 bits per heavy atom. The van der Waals surface area contributed by atoms with Crippen molar-refractivity contribution in [2.75, 3.05) is 20.3 Å². The van der Waals surface area contributed by atoms with Crippen molar-refractivity contribution in [2.24, 2.45) is 5.73 Å². The highest BCUT2D eigenvalue weighted by Gasteiger charge is 2.07. The van der Waals surface area contributed by atoms with E-state index in [0.717, 1.165) is 5.56 Å². The largest absolute Gasteiger partial charge is 0.490 e. The second-order valence-corrected chi connectivity index (χ2v) is 3.95. The van der Waals surface area contributed by atoms with Gasteiger partial charge < -0.3 is 19.9 Å². The highest BCUT2D eigenvalue weighted by Crippen LogP contribution is 2.28. The molecule has 0 spiro atoms. The maximum Gasteiger partial charge on any atom is 0.305 e. The zero-order chi connectivity index (χ0) is 14.1. The van der Waals surface area contributed by atoms with Crippen molar-refractivity contribution >= 4 is 5.97 Å². The summed E-state index contributed by atoms with van der Waals surface area (Å²) < 4.78 is 15.7. The summed E-state index contributed by atoms with van der Waals surface area (Å²) in [7, 11) is 1.38. The van der Waals surface area contributed by atoms with Gasteiger partial charge in [-0.25, -0.2) is 0 Å². The summed E-state index contributed by atoms with van der Waals surface area (Å²) in [5.74, 6) is 1.12. The molecule has 0 bridgehead atoms. The molecule has 0 saturated carbocycles. The van der Waals surface area contributed by atoms with Crippen LogP contribution in [-0.2, 0) is 16.1 Å². The van der Waals surface area contributed by atoms with Crippen molar-refractivity contribution in [3.8, 4) is 11.5 Å². The lowest BCUT2D eigenvalue weighted by molar-refractivity contribution is -0.140. The zero-order valence-electron chi connectivity index (χ0n) is 11.5. The predicted octanol–water partition coefficient (Wildman–Crippen LogP) is 1.88. The van der Waals surface area contributed by atoms with Crippen LogP contribution in [0.1, 0.15) is 25.3 Å². The van der Waals surface area contributed by atoms with Crippen molar-refractivity contribution in [3.05, 3.63) is 23.8 Å². The molecule has 1 rings (SSSR count). The van der Waals surface area contributed by atoms with Crippen molar-refractivity contribution in [1.29, 1.82) is 0 Å². The molecular formula is C14H21NO4. The first-order chi connectivity index (χ1) is 9.21. The number of carbonyl (C=O) groups excluding carboxylic acids is 1. The number of methoxy groups -OCH3 is 1. The minimum absolute atomic E-state index is 0.230. The predicted molar refractivity (Wildman–Crippen MR) is 72.2 cm³/mol. The molecule has 2 N–H and O–H groups in total. The molecule has 5 nitrogen and oxygen atoms in total. The second kappa shape index (κ2) is 8.37. The van der Waals surface area contributed by atoms with Gasteiger partial charge in [0.05, 0.1) is 20.3 Å². The highest BCUT2D eigenvalue weighted by molar-refractivity contribution is 5.69. The standard InChI is InChI=1S/C14H21NO4/c1-3-18-13-9-11(10-15)6-7-12(13)19-8-4-5-14(16)17-2/h6-7,9H,3-5,8,10,15H2,1-2H3. The Labute approximate surface area is 113 Å². The molecule has 0 heterocycles. The number of hydrogen-bond acceptors (Lipinski definition) is 5. The topological polar surface area (TPSA) is 70.8 Å². The van der Waals surface area contributed by atoms with Crippen LogP contribution >= 0.6 is 0 Å². The molecule has 0 saturated heterocycles. The van der Waals surface area contributed by atoms with Crippen LogP contribution in [0.2, 0.25) is 0 Å². The van der Waals surface area contributed by atoms with Crippen LogP contribution in [0.25, 0.3) is 0 Å². The SMILES string of the molecule is CCOc1cc(CN)ccc1OCCCC(=O)OC. The van der Waals surface area contributed by atoms with Gasteiger partial charge in [-0.3, -0.25) is 4.79 Å². The minimum Gasteiger partial charge on any atom is -0.490 e. The number of esters is 1. The summed E-state index contributed by atoms with van der Waals surface area (Å²) in [6.45, 7) is 3.38. The zero-order valence-corrected chi connectivity index (χ0v) is 11.5. The first-order valence-corrected chi connectivity index (χ1v) is 6.36. The summed E-state index contributed by atoms with van der Waals surface area (Å²) in [6.07, 6.45) is 0.957. The Morgan fingerprint density at radius 2 is 2.05 bits per heavy atom. The summed E-state index contributed by atoms with van der Waals surface area (Å²) in [4.78, 5) is 11.0. The summed E-state index contributed by atoms with van der Waals surface area (Å²) in [5, 5.41) is 0. The van der Waals surface area contributed by atoms with E-state index in [0.29, 0.717) is 44.1 Å². The average Bonchev–Trinajstić information content (AvgIpc) is 2.44. The van der Waals surface area contributed by atoms with E-state index in [4.69, 9.17) is 15.2 Å². The van der Waals surface area contributed by atoms with E-state index in [1.54, 1.807) is 0 Å². The molecule has 0 radical (unpaired) electrons. The molecule has 0 aliphatic heterocycles. The molecular weight excluding hydrogens is 246 g/mol. The van der Waals surface area contributed by atoms with Gasteiger partial charge in [0.1, 0.15) is 0 Å². The Bertz CT molecular complexity index is 406. The maximum absolute atomic E-state index is 11.0. The average molecular weight is 267 g/mol. The molecule has 0 unspecified atom stereocenters. The summed E-state index contributed by atoms with van der Waals surface area (Å²) >= 11 is 0. The van der Waals surface area contributed by atoms with Gasteiger partial charge in [-0.05, 0) is 31.0 Å². The maximum atomic E-state index is 11.0. The number of rotatable bonds is 8. The molecule has 19 heavy (non-hydrogen) atoms. The van der Waals surface area contributed by atoms with Crippen molar-refractivity contribution in [3.63, 3.8) is 0 Å². The van der Waals surface area contributed by atoms with Crippen molar-refractivity contribution in [2.45, 2.75) is 26.3 Å². The van der Waals surface area contributed by atoms with E-state index in [-0.39, 0.29) is 5.97 Å². The van der Waals surface area contributed by atoms with Gasteiger partial charge in [-0.2, -0.15) is 0 Å². The highest BCUT2D eigenvalue weighted by atomic mass is 16.5. The fourth-order valence-electron chi connectivity index (χ4n) is 1.57. The third-order valence-corrected chi connectivity index (χ3v) is 2.55. The number of nitrogens with two attached hydrogens (primary N) is 1. The lowest BCUT2D eigenvalue weighted by atomic mass is 10.2. The van der Waals surface area contributed by atoms with E-state index in [9.17, 15) is 4.79 Å². The van der Waals surface area contributed by atoms with Crippen LogP contribution in [0, 0.1) is 0 Å². The van der Waals surface area contributed by atoms with Crippen LogP contribution in [0.15, 0.2) is 18.2 Å². The van der Waals surface area contributed by atoms with Gasteiger partial charge in [0.15, 0.2) is 11.5 Å². The Balaban J connectivity index is 2.54. The Morgan fingerprint density at radius 3 is 2.68 bits per heavy atom. The van der Waals surface area contributed by atoms with Gasteiger partial charge in [-0.1, -0.05) is 6.07 Å². The molecule has 0 aliphatic rings. The lowest BCUT2D eigenvalue weighted by Gasteiger charge is -2.12. The van der Waals surface area contributed by atoms with Gasteiger partial charge in [0.2, 0.25) is 0 Å². The summed E-state index contributed by atoms with van der Waals surface area (Å²) in [5.41, 5.74) is 6.58. The fourth-order valence-corrected chi connectivity index (χ4v) is 1.57. The second-order valence-electron chi connectivity index (χ2n) is 3.95. The van der Waals surface area contributed by atoms with E-state index in [1.807, 2.05) is 25.1 Å². The molecule has 0 atom stereocenters. The van der Waals surface area contributed by atoms with E-state index in [2.05, 4.69) is 4.74 Å². The van der Waals surface area contributed by atoms with Crippen LogP contribution in [-0.4, -0.2) is 26.3 Å². The Hall–Kier alpha value is -1.75. The molecule has 106 valence electrons. The van der Waals surface area contributed by atoms with Gasteiger partial charge >= 0.3 is 5.97 Å². The van der Waals surface area contributed by atoms with Crippen LogP contribution < -0.4 is 15.2 Å². The van der Waals surface area contributed by atoms with Gasteiger partial charge in [0.25, 0.3) is 0 Å². The third kappa shape index (κ3) is 5.18. The molecule has 0 fully saturated rings. The van der Waals surface area contributed by atoms with Crippen molar-refractivity contribution < 1.29 is 19.0 Å². The third-order valence-electron chi connectivity index (χ3n) is 2.55. The number of hydrogen-bond donors (Lipinski definition) is 1. The number of carbonyl (C=O) groups is 1. The van der Waals surface area contributed by atoms with Crippen LogP contribution in [0.4, 0.5) is 0 Å². The monoisotopic (exact) mass is 267 g/mol.